The normalized spacial score (nSPS) is 12.6. The second kappa shape index (κ2) is 5.54. The van der Waals surface area contributed by atoms with Crippen LogP contribution in [0.5, 0.6) is 0 Å². The molecule has 5 nitrogen and oxygen atoms in total. The number of nitrogens with zero attached hydrogens (tertiary/aromatic N) is 1. The number of carbonyl (C=O) groups is 1. The smallest absolute Gasteiger partial charge is 0.338 e. The predicted octanol–water partition coefficient (Wildman–Crippen LogP) is 2.90. The Morgan fingerprint density at radius 2 is 2.32 bits per heavy atom. The van der Waals surface area contributed by atoms with E-state index in [0.717, 1.165) is 10.7 Å². The van der Waals surface area contributed by atoms with E-state index in [1.807, 2.05) is 13.8 Å². The maximum atomic E-state index is 10.7. The Kier molecular flexibility index (Phi) is 4.01. The van der Waals surface area contributed by atoms with Crippen LogP contribution in [0.4, 0.5) is 0 Å². The molecule has 19 heavy (non-hydrogen) atoms. The van der Waals surface area contributed by atoms with Crippen LogP contribution in [0.2, 0.25) is 0 Å². The van der Waals surface area contributed by atoms with Crippen molar-refractivity contribution < 1.29 is 14.3 Å². The van der Waals surface area contributed by atoms with Gasteiger partial charge < -0.3 is 14.8 Å². The lowest BCUT2D eigenvalue weighted by molar-refractivity contribution is 0.0696. The first-order chi connectivity index (χ1) is 8.97. The number of nitrogens with one attached hydrogen (secondary N) is 1. The summed E-state index contributed by atoms with van der Waals surface area (Å²) in [5, 5.41) is 13.2. The topological polar surface area (TPSA) is 75.4 Å². The van der Waals surface area contributed by atoms with Gasteiger partial charge in [-0.1, -0.05) is 0 Å². The zero-order valence-corrected chi connectivity index (χ0v) is 11.9. The summed E-state index contributed by atoms with van der Waals surface area (Å²) in [6.07, 6.45) is 1.26. The van der Waals surface area contributed by atoms with Crippen molar-refractivity contribution in [1.29, 1.82) is 0 Å². The monoisotopic (exact) mass is 280 g/mol. The van der Waals surface area contributed by atoms with Gasteiger partial charge in [-0.3, -0.25) is 0 Å². The van der Waals surface area contributed by atoms with Crippen LogP contribution in [-0.4, -0.2) is 16.1 Å². The highest BCUT2D eigenvalue weighted by Crippen LogP contribution is 2.24. The number of aryl methyl sites for hydroxylation is 2. The summed E-state index contributed by atoms with van der Waals surface area (Å²) < 4.78 is 5.19. The molecule has 6 heteroatoms. The van der Waals surface area contributed by atoms with Gasteiger partial charge in [0, 0.05) is 10.9 Å². The van der Waals surface area contributed by atoms with Gasteiger partial charge in [0.15, 0.2) is 0 Å². The zero-order valence-electron chi connectivity index (χ0n) is 11.1. The van der Waals surface area contributed by atoms with Crippen LogP contribution < -0.4 is 5.32 Å². The molecule has 2 aromatic rings. The third kappa shape index (κ3) is 3.21. The predicted molar refractivity (Wildman–Crippen MR) is 72.5 cm³/mol. The summed E-state index contributed by atoms with van der Waals surface area (Å²) in [6.45, 7) is 6.53. The highest BCUT2D eigenvalue weighted by Gasteiger charge is 2.14. The average Bonchev–Trinajstić information content (AvgIpc) is 2.93. The van der Waals surface area contributed by atoms with Crippen molar-refractivity contribution in [3.05, 3.63) is 39.2 Å². The van der Waals surface area contributed by atoms with Crippen LogP contribution in [0, 0.1) is 13.8 Å². The van der Waals surface area contributed by atoms with Crippen molar-refractivity contribution in [3.63, 3.8) is 0 Å². The van der Waals surface area contributed by atoms with E-state index < -0.39 is 5.97 Å². The molecular weight excluding hydrogens is 264 g/mol. The lowest BCUT2D eigenvalue weighted by atomic mass is 10.2. The molecule has 0 saturated carbocycles. The number of aromatic nitrogens is 1. The van der Waals surface area contributed by atoms with Gasteiger partial charge in [0.2, 0.25) is 0 Å². The lowest BCUT2D eigenvalue weighted by Gasteiger charge is -2.11. The van der Waals surface area contributed by atoms with Crippen molar-refractivity contribution >= 4 is 17.3 Å². The highest BCUT2D eigenvalue weighted by molar-refractivity contribution is 7.11. The molecule has 1 unspecified atom stereocenters. The number of hydrogen-bond acceptors (Lipinski definition) is 5. The minimum Gasteiger partial charge on any atom is -0.478 e. The second-order valence-electron chi connectivity index (χ2n) is 4.39. The Bertz CT molecular complexity index is 588. The first-order valence-corrected chi connectivity index (χ1v) is 6.77. The molecule has 0 saturated heterocycles. The molecule has 0 amide bonds. The Balaban J connectivity index is 1.98. The number of carboxylic acid groups (broad SMARTS) is 1. The van der Waals surface area contributed by atoms with Gasteiger partial charge in [-0.15, -0.1) is 11.3 Å². The fourth-order valence-corrected chi connectivity index (χ4v) is 2.83. The van der Waals surface area contributed by atoms with Crippen molar-refractivity contribution in [1.82, 2.24) is 10.3 Å². The van der Waals surface area contributed by atoms with Crippen molar-refractivity contribution in [2.75, 3.05) is 0 Å². The molecule has 0 aliphatic heterocycles. The molecule has 0 bridgehead atoms. The molecule has 0 aliphatic rings. The maximum absolute atomic E-state index is 10.7. The van der Waals surface area contributed by atoms with Crippen LogP contribution in [-0.2, 0) is 6.54 Å². The number of rotatable bonds is 5. The molecule has 0 spiro atoms. The van der Waals surface area contributed by atoms with Gasteiger partial charge in [0.05, 0.1) is 22.8 Å². The van der Waals surface area contributed by atoms with E-state index in [1.54, 1.807) is 11.3 Å². The SMILES string of the molecule is Cc1nc(C)c(C(C)NCc2cc(C(=O)O)co2)s1. The van der Waals surface area contributed by atoms with E-state index in [0.29, 0.717) is 12.3 Å². The van der Waals surface area contributed by atoms with E-state index in [1.165, 1.54) is 17.2 Å². The molecule has 2 rings (SSSR count). The fraction of sp³-hybridized carbons (Fsp3) is 0.385. The molecule has 0 aliphatic carbocycles. The van der Waals surface area contributed by atoms with Gasteiger partial charge in [0.25, 0.3) is 0 Å². The van der Waals surface area contributed by atoms with Gasteiger partial charge >= 0.3 is 5.97 Å². The molecule has 2 heterocycles. The number of carboxylic acids is 1. The molecule has 102 valence electrons. The standard InChI is InChI=1S/C13H16N2O3S/c1-7(12-8(2)15-9(3)19-12)14-5-11-4-10(6-18-11)13(16)17/h4,6-7,14H,5H2,1-3H3,(H,16,17). The Morgan fingerprint density at radius 3 is 2.84 bits per heavy atom. The molecule has 2 N–H and O–H groups in total. The van der Waals surface area contributed by atoms with Crippen molar-refractivity contribution in [3.8, 4) is 0 Å². The van der Waals surface area contributed by atoms with Gasteiger partial charge in [-0.2, -0.15) is 0 Å². The third-order valence-electron chi connectivity index (χ3n) is 2.82. The highest BCUT2D eigenvalue weighted by atomic mass is 32.1. The number of aromatic carboxylic acids is 1. The molecule has 1 atom stereocenters. The molecule has 0 aromatic carbocycles. The fourth-order valence-electron chi connectivity index (χ4n) is 1.88. The molecular formula is C13H16N2O3S. The number of thiazole rings is 1. The van der Waals surface area contributed by atoms with E-state index in [-0.39, 0.29) is 11.6 Å². The summed E-state index contributed by atoms with van der Waals surface area (Å²) in [5.74, 6) is -0.361. The van der Waals surface area contributed by atoms with Gasteiger partial charge in [-0.25, -0.2) is 9.78 Å². The third-order valence-corrected chi connectivity index (χ3v) is 4.07. The van der Waals surface area contributed by atoms with Crippen LogP contribution in [0.3, 0.4) is 0 Å². The average molecular weight is 280 g/mol. The molecule has 0 radical (unpaired) electrons. The Morgan fingerprint density at radius 1 is 1.58 bits per heavy atom. The lowest BCUT2D eigenvalue weighted by Crippen LogP contribution is -2.17. The van der Waals surface area contributed by atoms with Crippen LogP contribution in [0.25, 0.3) is 0 Å². The van der Waals surface area contributed by atoms with Crippen LogP contribution in [0.15, 0.2) is 16.7 Å². The quantitative estimate of drug-likeness (QED) is 0.880. The van der Waals surface area contributed by atoms with E-state index in [4.69, 9.17) is 9.52 Å². The van der Waals surface area contributed by atoms with Crippen LogP contribution in [0.1, 0.15) is 44.7 Å². The summed E-state index contributed by atoms with van der Waals surface area (Å²) in [5.41, 5.74) is 1.21. The van der Waals surface area contributed by atoms with Gasteiger partial charge in [0.1, 0.15) is 12.0 Å². The Hall–Kier alpha value is -1.66. The first-order valence-electron chi connectivity index (χ1n) is 5.95. The van der Waals surface area contributed by atoms with Crippen molar-refractivity contribution in [2.45, 2.75) is 33.4 Å². The minimum atomic E-state index is -0.975. The summed E-state index contributed by atoms with van der Waals surface area (Å²) >= 11 is 1.67. The number of furan rings is 1. The summed E-state index contributed by atoms with van der Waals surface area (Å²) in [4.78, 5) is 16.3. The van der Waals surface area contributed by atoms with E-state index >= 15 is 0 Å². The zero-order chi connectivity index (χ0) is 14.0. The van der Waals surface area contributed by atoms with E-state index in [2.05, 4.69) is 17.2 Å². The minimum absolute atomic E-state index is 0.157. The van der Waals surface area contributed by atoms with Crippen LogP contribution >= 0.6 is 11.3 Å². The first kappa shape index (κ1) is 13.8. The molecule has 0 fully saturated rings. The largest absolute Gasteiger partial charge is 0.478 e. The second-order valence-corrected chi connectivity index (χ2v) is 5.63. The maximum Gasteiger partial charge on any atom is 0.338 e. The summed E-state index contributed by atoms with van der Waals surface area (Å²) in [6, 6.07) is 1.69. The number of hydrogen-bond donors (Lipinski definition) is 2. The Labute approximate surface area is 115 Å². The molecule has 2 aromatic heterocycles. The van der Waals surface area contributed by atoms with Crippen molar-refractivity contribution in [2.24, 2.45) is 0 Å². The van der Waals surface area contributed by atoms with E-state index in [9.17, 15) is 4.79 Å². The van der Waals surface area contributed by atoms with Gasteiger partial charge in [-0.05, 0) is 26.8 Å². The summed E-state index contributed by atoms with van der Waals surface area (Å²) in [7, 11) is 0.